The van der Waals surface area contributed by atoms with Crippen LogP contribution in [0.2, 0.25) is 0 Å². The number of ether oxygens (including phenoxy) is 1. The third-order valence-corrected chi connectivity index (χ3v) is 5.06. The Labute approximate surface area is 172 Å². The molecule has 2 aromatic rings. The van der Waals surface area contributed by atoms with E-state index in [-0.39, 0.29) is 23.7 Å². The number of phenolic OH excluding ortho intramolecular Hbond substituents is 2. The molecule has 0 unspecified atom stereocenters. The Morgan fingerprint density at radius 3 is 2.21 bits per heavy atom. The molecule has 0 amide bonds. The lowest BCUT2D eigenvalue weighted by atomic mass is 9.93. The number of carbonyl (C=O) groups is 1. The first-order chi connectivity index (χ1) is 13.7. The summed E-state index contributed by atoms with van der Waals surface area (Å²) in [6.07, 6.45) is 5.05. The molecule has 1 aliphatic heterocycles. The van der Waals surface area contributed by atoms with Gasteiger partial charge in [-0.25, -0.2) is 0 Å². The maximum Gasteiger partial charge on any atom is 0.170 e. The second-order valence-corrected chi connectivity index (χ2v) is 8.07. The standard InChI is InChI=1S/C25H28O4/c1-15(2)5-7-17-11-19(9-10-21(17)26)24-14-23(28)20-12-18(8-6-16(3)4)22(27)13-25(20)29-24/h5-6,9-13,24,26-27H,7-8,14H2,1-4H3/t24-/m0/s1. The highest BCUT2D eigenvalue weighted by Crippen LogP contribution is 2.39. The van der Waals surface area contributed by atoms with Gasteiger partial charge in [0.1, 0.15) is 23.4 Å². The van der Waals surface area contributed by atoms with Gasteiger partial charge in [0.25, 0.3) is 0 Å². The average Bonchev–Trinajstić information content (AvgIpc) is 2.65. The molecule has 29 heavy (non-hydrogen) atoms. The molecule has 152 valence electrons. The van der Waals surface area contributed by atoms with E-state index >= 15 is 0 Å². The van der Waals surface area contributed by atoms with Gasteiger partial charge in [-0.15, -0.1) is 0 Å². The second-order valence-electron chi connectivity index (χ2n) is 8.07. The van der Waals surface area contributed by atoms with E-state index in [0.717, 1.165) is 16.7 Å². The number of phenols is 2. The molecule has 0 radical (unpaired) electrons. The molecule has 0 bridgehead atoms. The van der Waals surface area contributed by atoms with E-state index in [0.29, 0.717) is 29.7 Å². The van der Waals surface area contributed by atoms with E-state index in [1.54, 1.807) is 18.2 Å². The molecule has 3 rings (SSSR count). The van der Waals surface area contributed by atoms with Crippen molar-refractivity contribution in [1.29, 1.82) is 0 Å². The lowest BCUT2D eigenvalue weighted by Crippen LogP contribution is -2.20. The van der Waals surface area contributed by atoms with Crippen molar-refractivity contribution in [2.24, 2.45) is 0 Å². The summed E-state index contributed by atoms with van der Waals surface area (Å²) < 4.78 is 6.08. The van der Waals surface area contributed by atoms with Crippen molar-refractivity contribution >= 4 is 5.78 Å². The van der Waals surface area contributed by atoms with Gasteiger partial charge in [0, 0.05) is 6.07 Å². The van der Waals surface area contributed by atoms with Gasteiger partial charge in [0.05, 0.1) is 12.0 Å². The first-order valence-electron chi connectivity index (χ1n) is 9.89. The first kappa shape index (κ1) is 20.7. The minimum atomic E-state index is -0.441. The van der Waals surface area contributed by atoms with Crippen LogP contribution in [0, 0.1) is 0 Å². The van der Waals surface area contributed by atoms with E-state index < -0.39 is 6.10 Å². The number of hydrogen-bond donors (Lipinski definition) is 2. The Morgan fingerprint density at radius 2 is 1.59 bits per heavy atom. The van der Waals surface area contributed by atoms with Crippen LogP contribution in [0.3, 0.4) is 0 Å². The van der Waals surface area contributed by atoms with Crippen LogP contribution in [0.25, 0.3) is 0 Å². The van der Waals surface area contributed by atoms with Gasteiger partial charge < -0.3 is 14.9 Å². The van der Waals surface area contributed by atoms with Gasteiger partial charge in [-0.1, -0.05) is 29.4 Å². The Kier molecular flexibility index (Phi) is 6.12. The molecule has 1 heterocycles. The molecule has 1 aliphatic rings. The largest absolute Gasteiger partial charge is 0.508 e. The number of fused-ring (bicyclic) bond motifs is 1. The molecule has 0 saturated carbocycles. The van der Waals surface area contributed by atoms with Crippen molar-refractivity contribution < 1.29 is 19.7 Å². The molecule has 1 atom stereocenters. The first-order valence-corrected chi connectivity index (χ1v) is 9.89. The molecule has 4 heteroatoms. The number of hydrogen-bond acceptors (Lipinski definition) is 4. The second kappa shape index (κ2) is 8.56. The normalized spacial score (nSPS) is 15.3. The van der Waals surface area contributed by atoms with Crippen molar-refractivity contribution in [2.75, 3.05) is 0 Å². The smallest absolute Gasteiger partial charge is 0.170 e. The van der Waals surface area contributed by atoms with Gasteiger partial charge in [-0.3, -0.25) is 4.79 Å². The Balaban J connectivity index is 1.89. The van der Waals surface area contributed by atoms with Crippen LogP contribution in [-0.4, -0.2) is 16.0 Å². The highest BCUT2D eigenvalue weighted by Gasteiger charge is 2.29. The van der Waals surface area contributed by atoms with Crippen LogP contribution in [0.4, 0.5) is 0 Å². The fourth-order valence-corrected chi connectivity index (χ4v) is 3.35. The summed E-state index contributed by atoms with van der Waals surface area (Å²) >= 11 is 0. The zero-order valence-corrected chi connectivity index (χ0v) is 17.5. The van der Waals surface area contributed by atoms with Crippen molar-refractivity contribution in [2.45, 2.75) is 53.1 Å². The summed E-state index contributed by atoms with van der Waals surface area (Å²) in [5, 5.41) is 20.5. The van der Waals surface area contributed by atoms with E-state index in [1.807, 2.05) is 45.9 Å². The van der Waals surface area contributed by atoms with E-state index in [4.69, 9.17) is 4.74 Å². The highest BCUT2D eigenvalue weighted by molar-refractivity contribution is 6.00. The van der Waals surface area contributed by atoms with Gasteiger partial charge in [0.15, 0.2) is 5.78 Å². The maximum atomic E-state index is 12.8. The summed E-state index contributed by atoms with van der Waals surface area (Å²) in [5.74, 6) is 0.761. The summed E-state index contributed by atoms with van der Waals surface area (Å²) in [7, 11) is 0. The SMILES string of the molecule is CC(C)=CCc1cc([C@@H]2CC(=O)c3cc(CC=C(C)C)c(O)cc3O2)ccc1O. The van der Waals surface area contributed by atoms with Crippen molar-refractivity contribution in [3.8, 4) is 17.2 Å². The van der Waals surface area contributed by atoms with Gasteiger partial charge in [0.2, 0.25) is 0 Å². The van der Waals surface area contributed by atoms with Gasteiger partial charge in [-0.2, -0.15) is 0 Å². The molecule has 2 N–H and O–H groups in total. The van der Waals surface area contributed by atoms with Crippen LogP contribution in [0.15, 0.2) is 53.6 Å². The lowest BCUT2D eigenvalue weighted by molar-refractivity contribution is 0.0849. The molecule has 0 saturated heterocycles. The highest BCUT2D eigenvalue weighted by atomic mass is 16.5. The summed E-state index contributed by atoms with van der Waals surface area (Å²) in [4.78, 5) is 12.8. The minimum absolute atomic E-state index is 0.00590. The third-order valence-electron chi connectivity index (χ3n) is 5.06. The summed E-state index contributed by atoms with van der Waals surface area (Å²) in [6.45, 7) is 8.02. The minimum Gasteiger partial charge on any atom is -0.508 e. The van der Waals surface area contributed by atoms with Crippen LogP contribution in [0.5, 0.6) is 17.2 Å². The maximum absolute atomic E-state index is 12.8. The van der Waals surface area contributed by atoms with Crippen molar-refractivity contribution in [3.05, 3.63) is 75.9 Å². The lowest BCUT2D eigenvalue weighted by Gasteiger charge is -2.26. The predicted octanol–water partition coefficient (Wildman–Crippen LogP) is 5.82. The number of carbonyl (C=O) groups excluding carboxylic acids is 1. The molecule has 0 fully saturated rings. The number of ketones is 1. The Bertz CT molecular complexity index is 990. The predicted molar refractivity (Wildman–Crippen MR) is 115 cm³/mol. The third kappa shape index (κ3) is 4.89. The molecule has 4 nitrogen and oxygen atoms in total. The fourth-order valence-electron chi connectivity index (χ4n) is 3.35. The average molecular weight is 392 g/mol. The van der Waals surface area contributed by atoms with Crippen LogP contribution in [0.1, 0.15) is 67.3 Å². The van der Waals surface area contributed by atoms with Gasteiger partial charge in [-0.05, 0) is 75.4 Å². The number of aromatic hydroxyl groups is 2. The molecule has 0 aromatic heterocycles. The molecular weight excluding hydrogens is 364 g/mol. The van der Waals surface area contributed by atoms with Crippen LogP contribution >= 0.6 is 0 Å². The molecule has 2 aromatic carbocycles. The Morgan fingerprint density at radius 1 is 0.966 bits per heavy atom. The Hall–Kier alpha value is -3.01. The molecule has 0 aliphatic carbocycles. The molecule has 0 spiro atoms. The number of rotatable bonds is 5. The monoisotopic (exact) mass is 392 g/mol. The number of allylic oxidation sites excluding steroid dienone is 4. The summed E-state index contributed by atoms with van der Waals surface area (Å²) in [6, 6.07) is 8.60. The van der Waals surface area contributed by atoms with Gasteiger partial charge >= 0.3 is 0 Å². The van der Waals surface area contributed by atoms with Crippen LogP contribution < -0.4 is 4.74 Å². The fraction of sp³-hybridized carbons (Fsp3) is 0.320. The zero-order chi connectivity index (χ0) is 21.1. The topological polar surface area (TPSA) is 66.8 Å². The van der Waals surface area contributed by atoms with Crippen LogP contribution in [-0.2, 0) is 12.8 Å². The number of Topliss-reactive ketones (excluding diaryl/α,β-unsaturated/α-hetero) is 1. The quantitative estimate of drug-likeness (QED) is 0.629. The molecular formula is C25H28O4. The van der Waals surface area contributed by atoms with Crippen molar-refractivity contribution in [1.82, 2.24) is 0 Å². The van der Waals surface area contributed by atoms with E-state index in [2.05, 4.69) is 0 Å². The van der Waals surface area contributed by atoms with Crippen molar-refractivity contribution in [3.63, 3.8) is 0 Å². The zero-order valence-electron chi connectivity index (χ0n) is 17.5. The van der Waals surface area contributed by atoms with E-state index in [1.165, 1.54) is 11.6 Å². The number of benzene rings is 2. The summed E-state index contributed by atoms with van der Waals surface area (Å²) in [5.41, 5.74) is 5.19. The van der Waals surface area contributed by atoms with E-state index in [9.17, 15) is 15.0 Å².